The van der Waals surface area contributed by atoms with E-state index in [2.05, 4.69) is 14.6 Å². The molecule has 1 fully saturated rings. The summed E-state index contributed by atoms with van der Waals surface area (Å²) in [7, 11) is -3.29. The standard InChI is InChI=1S/C20H27N3O2S/c1-17-4-2-3-5-20(17)16-26(24,25)22-14-18-8-12-23(13-9-18)15-19-6-10-21-11-7-19/h2-7,10-11,18,22H,8-9,12-16H2,1H3. The Morgan fingerprint density at radius 1 is 1.12 bits per heavy atom. The zero-order chi connectivity index (χ0) is 18.4. The van der Waals surface area contributed by atoms with E-state index in [1.807, 2.05) is 55.7 Å². The van der Waals surface area contributed by atoms with Crippen molar-refractivity contribution in [2.75, 3.05) is 19.6 Å². The molecule has 1 N–H and O–H groups in total. The summed E-state index contributed by atoms with van der Waals surface area (Å²) in [6, 6.07) is 11.7. The fraction of sp³-hybridized carbons (Fsp3) is 0.450. The average molecular weight is 374 g/mol. The van der Waals surface area contributed by atoms with Gasteiger partial charge in [-0.15, -0.1) is 0 Å². The van der Waals surface area contributed by atoms with E-state index in [0.29, 0.717) is 12.5 Å². The summed E-state index contributed by atoms with van der Waals surface area (Å²) in [5, 5.41) is 0. The van der Waals surface area contributed by atoms with Crippen molar-refractivity contribution in [1.82, 2.24) is 14.6 Å². The molecule has 1 aromatic heterocycles. The molecule has 140 valence electrons. The molecule has 2 heterocycles. The minimum Gasteiger partial charge on any atom is -0.299 e. The van der Waals surface area contributed by atoms with Crippen molar-refractivity contribution in [2.24, 2.45) is 5.92 Å². The van der Waals surface area contributed by atoms with Gasteiger partial charge in [0, 0.05) is 25.5 Å². The van der Waals surface area contributed by atoms with Gasteiger partial charge >= 0.3 is 0 Å². The van der Waals surface area contributed by atoms with E-state index in [1.54, 1.807) is 0 Å². The highest BCUT2D eigenvalue weighted by atomic mass is 32.2. The van der Waals surface area contributed by atoms with Crippen LogP contribution < -0.4 is 4.72 Å². The smallest absolute Gasteiger partial charge is 0.215 e. The molecule has 0 saturated carbocycles. The Balaban J connectivity index is 1.44. The number of sulfonamides is 1. The molecule has 26 heavy (non-hydrogen) atoms. The highest BCUT2D eigenvalue weighted by Crippen LogP contribution is 2.19. The Labute approximate surface area is 156 Å². The number of rotatable bonds is 7. The highest BCUT2D eigenvalue weighted by Gasteiger charge is 2.21. The summed E-state index contributed by atoms with van der Waals surface area (Å²) >= 11 is 0. The second kappa shape index (κ2) is 8.75. The van der Waals surface area contributed by atoms with E-state index in [9.17, 15) is 8.42 Å². The second-order valence-corrected chi connectivity index (χ2v) is 8.92. The van der Waals surface area contributed by atoms with Crippen LogP contribution in [0.25, 0.3) is 0 Å². The second-order valence-electron chi connectivity index (χ2n) is 7.11. The van der Waals surface area contributed by atoms with Crippen LogP contribution in [0.15, 0.2) is 48.8 Å². The predicted octanol–water partition coefficient (Wildman–Crippen LogP) is 2.72. The van der Waals surface area contributed by atoms with Crippen molar-refractivity contribution >= 4 is 10.0 Å². The maximum absolute atomic E-state index is 12.4. The molecule has 0 aliphatic carbocycles. The number of piperidine rings is 1. The first-order chi connectivity index (χ1) is 12.5. The van der Waals surface area contributed by atoms with Gasteiger partial charge in [0.2, 0.25) is 10.0 Å². The number of hydrogen-bond donors (Lipinski definition) is 1. The maximum atomic E-state index is 12.4. The monoisotopic (exact) mass is 373 g/mol. The third kappa shape index (κ3) is 5.62. The first-order valence-corrected chi connectivity index (χ1v) is 10.8. The first kappa shape index (κ1) is 19.0. The summed E-state index contributed by atoms with van der Waals surface area (Å²) in [4.78, 5) is 6.47. The van der Waals surface area contributed by atoms with Crippen molar-refractivity contribution in [3.8, 4) is 0 Å². The molecule has 3 rings (SSSR count). The van der Waals surface area contributed by atoms with Crippen LogP contribution in [0.1, 0.15) is 29.5 Å². The fourth-order valence-electron chi connectivity index (χ4n) is 3.37. The van der Waals surface area contributed by atoms with Crippen molar-refractivity contribution in [2.45, 2.75) is 32.1 Å². The Morgan fingerprint density at radius 2 is 1.81 bits per heavy atom. The van der Waals surface area contributed by atoms with Crippen molar-refractivity contribution < 1.29 is 8.42 Å². The van der Waals surface area contributed by atoms with E-state index in [1.165, 1.54) is 5.56 Å². The predicted molar refractivity (Wildman–Crippen MR) is 104 cm³/mol. The summed E-state index contributed by atoms with van der Waals surface area (Å²) in [6.45, 7) is 5.44. The first-order valence-electron chi connectivity index (χ1n) is 9.15. The average Bonchev–Trinajstić information content (AvgIpc) is 2.64. The molecule has 2 aromatic rings. The van der Waals surface area contributed by atoms with E-state index in [4.69, 9.17) is 0 Å². The number of hydrogen-bond acceptors (Lipinski definition) is 4. The molecule has 1 aliphatic rings. The minimum atomic E-state index is -3.29. The molecule has 1 aromatic carbocycles. The van der Waals surface area contributed by atoms with Gasteiger partial charge in [-0.2, -0.15) is 0 Å². The lowest BCUT2D eigenvalue weighted by molar-refractivity contribution is 0.178. The molecule has 0 radical (unpaired) electrons. The Kier molecular flexibility index (Phi) is 6.40. The molecule has 0 unspecified atom stereocenters. The lowest BCUT2D eigenvalue weighted by atomic mass is 9.97. The van der Waals surface area contributed by atoms with Crippen molar-refractivity contribution in [1.29, 1.82) is 0 Å². The highest BCUT2D eigenvalue weighted by molar-refractivity contribution is 7.88. The molecule has 5 nitrogen and oxygen atoms in total. The van der Waals surface area contributed by atoms with Crippen LogP contribution >= 0.6 is 0 Å². The summed E-state index contributed by atoms with van der Waals surface area (Å²) in [5.41, 5.74) is 3.16. The van der Waals surface area contributed by atoms with Crippen LogP contribution in [-0.4, -0.2) is 37.9 Å². The van der Waals surface area contributed by atoms with Gasteiger partial charge in [-0.1, -0.05) is 24.3 Å². The van der Waals surface area contributed by atoms with Crippen LogP contribution in [0.3, 0.4) is 0 Å². The largest absolute Gasteiger partial charge is 0.299 e. The molecule has 0 amide bonds. The number of nitrogens with zero attached hydrogens (tertiary/aromatic N) is 2. The number of likely N-dealkylation sites (tertiary alicyclic amines) is 1. The number of aryl methyl sites for hydroxylation is 1. The summed E-state index contributed by atoms with van der Waals surface area (Å²) < 4.78 is 27.6. The summed E-state index contributed by atoms with van der Waals surface area (Å²) in [5.74, 6) is 0.468. The van der Waals surface area contributed by atoms with Crippen LogP contribution in [0, 0.1) is 12.8 Å². The lowest BCUT2D eigenvalue weighted by Crippen LogP contribution is -2.38. The Morgan fingerprint density at radius 3 is 2.50 bits per heavy atom. The number of benzene rings is 1. The summed E-state index contributed by atoms with van der Waals surface area (Å²) in [6.07, 6.45) is 5.70. The quantitative estimate of drug-likeness (QED) is 0.811. The SMILES string of the molecule is Cc1ccccc1CS(=O)(=O)NCC1CCN(Cc2ccncc2)CC1. The molecule has 0 bridgehead atoms. The van der Waals surface area contributed by atoms with E-state index in [0.717, 1.165) is 43.6 Å². The van der Waals surface area contributed by atoms with E-state index < -0.39 is 10.0 Å². The van der Waals surface area contributed by atoms with E-state index >= 15 is 0 Å². The van der Waals surface area contributed by atoms with Gasteiger partial charge in [0.15, 0.2) is 0 Å². The van der Waals surface area contributed by atoms with Gasteiger partial charge in [-0.05, 0) is 67.6 Å². The Hall–Kier alpha value is -1.76. The molecule has 0 spiro atoms. The number of pyridine rings is 1. The molecule has 6 heteroatoms. The van der Waals surface area contributed by atoms with Gasteiger partial charge in [-0.25, -0.2) is 13.1 Å². The van der Waals surface area contributed by atoms with Gasteiger partial charge in [-0.3, -0.25) is 9.88 Å². The topological polar surface area (TPSA) is 62.3 Å². The minimum absolute atomic E-state index is 0.0561. The lowest BCUT2D eigenvalue weighted by Gasteiger charge is -2.32. The molecule has 1 aliphatic heterocycles. The molecule has 1 saturated heterocycles. The van der Waals surface area contributed by atoms with Crippen LogP contribution in [0.2, 0.25) is 0 Å². The van der Waals surface area contributed by atoms with E-state index in [-0.39, 0.29) is 5.75 Å². The van der Waals surface area contributed by atoms with Crippen LogP contribution in [0.5, 0.6) is 0 Å². The van der Waals surface area contributed by atoms with Gasteiger partial charge in [0.1, 0.15) is 0 Å². The van der Waals surface area contributed by atoms with Crippen molar-refractivity contribution in [3.63, 3.8) is 0 Å². The third-order valence-electron chi connectivity index (χ3n) is 5.06. The fourth-order valence-corrected chi connectivity index (χ4v) is 4.69. The molecular formula is C20H27N3O2S. The van der Waals surface area contributed by atoms with Crippen LogP contribution in [0.4, 0.5) is 0 Å². The molecule has 0 atom stereocenters. The van der Waals surface area contributed by atoms with Gasteiger partial charge < -0.3 is 0 Å². The van der Waals surface area contributed by atoms with Crippen molar-refractivity contribution in [3.05, 3.63) is 65.5 Å². The van der Waals surface area contributed by atoms with Crippen LogP contribution in [-0.2, 0) is 22.3 Å². The number of aromatic nitrogens is 1. The Bertz CT molecular complexity index is 801. The zero-order valence-electron chi connectivity index (χ0n) is 15.3. The normalized spacial score (nSPS) is 16.7. The molecular weight excluding hydrogens is 346 g/mol. The maximum Gasteiger partial charge on any atom is 0.215 e. The zero-order valence-corrected chi connectivity index (χ0v) is 16.1. The number of nitrogens with one attached hydrogen (secondary N) is 1. The third-order valence-corrected chi connectivity index (χ3v) is 6.36. The van der Waals surface area contributed by atoms with Gasteiger partial charge in [0.05, 0.1) is 5.75 Å². The van der Waals surface area contributed by atoms with Gasteiger partial charge in [0.25, 0.3) is 0 Å².